The number of hydrogen-bond donors (Lipinski definition) is 2. The van der Waals surface area contributed by atoms with Gasteiger partial charge in [-0.1, -0.05) is 43.2 Å². The van der Waals surface area contributed by atoms with E-state index in [0.717, 1.165) is 35.6 Å². The summed E-state index contributed by atoms with van der Waals surface area (Å²) in [6, 6.07) is 9.83. The molecule has 0 bridgehead atoms. The second kappa shape index (κ2) is 12.4. The van der Waals surface area contributed by atoms with Crippen LogP contribution in [0.25, 0.3) is 11.3 Å². The standard InChI is InChI=1S/C29H37F3N6O4/c1-36-23(29(30,31)32)16-24(35-36)42-15-11-21-17-33-13-14-37(21)27(39)25-26(20-8-4-3-5-9-20)38(19-34-25)22-10-6-7-12-28(22,40)18-41-2/h3-5,8-9,16,19,21-22,33,40H,6-7,10-15,17-18H2,1-2H3/t21-,22-,28-/m1/s1. The van der Waals surface area contributed by atoms with E-state index in [1.807, 2.05) is 34.9 Å². The molecule has 1 aliphatic carbocycles. The monoisotopic (exact) mass is 590 g/mol. The summed E-state index contributed by atoms with van der Waals surface area (Å²) in [7, 11) is 2.79. The molecule has 1 saturated carbocycles. The summed E-state index contributed by atoms with van der Waals surface area (Å²) in [5.74, 6) is -0.366. The third-order valence-electron chi connectivity index (χ3n) is 8.19. The molecule has 1 aliphatic heterocycles. The average molecular weight is 591 g/mol. The summed E-state index contributed by atoms with van der Waals surface area (Å²) in [5, 5.41) is 18.7. The molecule has 0 spiro atoms. The molecule has 228 valence electrons. The van der Waals surface area contributed by atoms with Crippen LogP contribution in [-0.4, -0.2) is 86.8 Å². The number of rotatable bonds is 9. The number of ether oxygens (including phenoxy) is 2. The topological polar surface area (TPSA) is 107 Å². The predicted molar refractivity (Wildman–Crippen MR) is 148 cm³/mol. The van der Waals surface area contributed by atoms with E-state index in [-0.39, 0.29) is 37.1 Å². The highest BCUT2D eigenvalue weighted by Gasteiger charge is 2.42. The number of aromatic nitrogens is 4. The molecule has 1 aromatic carbocycles. The number of amides is 1. The average Bonchev–Trinajstić information content (AvgIpc) is 3.57. The van der Waals surface area contributed by atoms with Gasteiger partial charge in [-0.3, -0.25) is 9.48 Å². The number of aliphatic hydroxyl groups is 1. The summed E-state index contributed by atoms with van der Waals surface area (Å²) in [5.41, 5.74) is -0.241. The fourth-order valence-corrected chi connectivity index (χ4v) is 6.15. The first-order valence-corrected chi connectivity index (χ1v) is 14.2. The van der Waals surface area contributed by atoms with Gasteiger partial charge in [0.05, 0.1) is 31.3 Å². The zero-order chi connectivity index (χ0) is 29.9. The third-order valence-corrected chi connectivity index (χ3v) is 8.19. The van der Waals surface area contributed by atoms with Crippen molar-refractivity contribution in [1.29, 1.82) is 0 Å². The normalized spacial score (nSPS) is 23.2. The van der Waals surface area contributed by atoms with E-state index in [9.17, 15) is 23.1 Å². The molecule has 0 radical (unpaired) electrons. The molecule has 2 fully saturated rings. The lowest BCUT2D eigenvalue weighted by molar-refractivity contribution is -0.143. The molecule has 10 nitrogen and oxygen atoms in total. The first kappa shape index (κ1) is 30.1. The number of benzene rings is 1. The minimum atomic E-state index is -4.53. The van der Waals surface area contributed by atoms with Crippen LogP contribution in [0.4, 0.5) is 13.2 Å². The zero-order valence-electron chi connectivity index (χ0n) is 23.8. The largest absolute Gasteiger partial charge is 0.477 e. The smallest absolute Gasteiger partial charge is 0.433 e. The number of piperazine rings is 1. The highest BCUT2D eigenvalue weighted by molar-refractivity contribution is 5.98. The van der Waals surface area contributed by atoms with Gasteiger partial charge in [-0.05, 0) is 12.8 Å². The molecule has 2 N–H and O–H groups in total. The lowest BCUT2D eigenvalue weighted by Crippen LogP contribution is -2.54. The molecule has 3 atom stereocenters. The maximum atomic E-state index is 14.1. The van der Waals surface area contributed by atoms with Gasteiger partial charge in [0.15, 0.2) is 5.69 Å². The molecule has 0 unspecified atom stereocenters. The number of nitrogens with one attached hydrogen (secondary N) is 1. The van der Waals surface area contributed by atoms with E-state index in [1.165, 1.54) is 7.05 Å². The van der Waals surface area contributed by atoms with Crippen LogP contribution in [0.15, 0.2) is 42.7 Å². The summed E-state index contributed by atoms with van der Waals surface area (Å²) in [6.45, 7) is 1.78. The van der Waals surface area contributed by atoms with Crippen LogP contribution in [0.2, 0.25) is 0 Å². The number of halogens is 3. The Kier molecular flexibility index (Phi) is 8.90. The summed E-state index contributed by atoms with van der Waals surface area (Å²) in [4.78, 5) is 20.5. The molecular formula is C29H37F3N6O4. The number of imidazole rings is 1. The van der Waals surface area contributed by atoms with Crippen molar-refractivity contribution >= 4 is 5.91 Å². The van der Waals surface area contributed by atoms with Crippen molar-refractivity contribution in [1.82, 2.24) is 29.5 Å². The van der Waals surface area contributed by atoms with Gasteiger partial charge < -0.3 is 29.4 Å². The fraction of sp³-hybridized carbons (Fsp3) is 0.552. The maximum Gasteiger partial charge on any atom is 0.433 e. The van der Waals surface area contributed by atoms with Crippen molar-refractivity contribution in [2.45, 2.75) is 56.0 Å². The van der Waals surface area contributed by atoms with Gasteiger partial charge in [0.2, 0.25) is 5.88 Å². The zero-order valence-corrected chi connectivity index (χ0v) is 23.8. The lowest BCUT2D eigenvalue weighted by Gasteiger charge is -2.41. The number of nitrogens with zero attached hydrogens (tertiary/aromatic N) is 5. The number of aryl methyl sites for hydroxylation is 1. The Hall–Kier alpha value is -3.42. The van der Waals surface area contributed by atoms with Crippen LogP contribution in [0.3, 0.4) is 0 Å². The Labute approximate surface area is 242 Å². The molecule has 5 rings (SSSR count). The number of carbonyl (C=O) groups is 1. The molecule has 2 aromatic heterocycles. The minimum Gasteiger partial charge on any atom is -0.477 e. The highest BCUT2D eigenvalue weighted by Crippen LogP contribution is 2.41. The van der Waals surface area contributed by atoms with E-state index < -0.39 is 17.5 Å². The van der Waals surface area contributed by atoms with Crippen LogP contribution < -0.4 is 10.1 Å². The number of methoxy groups -OCH3 is 1. The number of hydrogen-bond acceptors (Lipinski definition) is 7. The van der Waals surface area contributed by atoms with E-state index in [2.05, 4.69) is 15.4 Å². The first-order chi connectivity index (χ1) is 20.1. The summed E-state index contributed by atoms with van der Waals surface area (Å²) < 4.78 is 53.0. The van der Waals surface area contributed by atoms with Crippen molar-refractivity contribution < 1.29 is 32.5 Å². The Morgan fingerprint density at radius 2 is 2.02 bits per heavy atom. The van der Waals surface area contributed by atoms with Crippen LogP contribution in [0.5, 0.6) is 5.88 Å². The van der Waals surface area contributed by atoms with Gasteiger partial charge in [-0.25, -0.2) is 4.98 Å². The lowest BCUT2D eigenvalue weighted by atomic mass is 9.80. The maximum absolute atomic E-state index is 14.1. The fourth-order valence-electron chi connectivity index (χ4n) is 6.15. The quantitative estimate of drug-likeness (QED) is 0.392. The van der Waals surface area contributed by atoms with Crippen LogP contribution in [-0.2, 0) is 18.0 Å². The molecule has 2 aliphatic rings. The van der Waals surface area contributed by atoms with E-state index in [0.29, 0.717) is 43.9 Å². The minimum absolute atomic E-state index is 0.0799. The summed E-state index contributed by atoms with van der Waals surface area (Å²) >= 11 is 0. The number of alkyl halides is 3. The van der Waals surface area contributed by atoms with Gasteiger partial charge in [0.1, 0.15) is 11.3 Å². The SMILES string of the molecule is COC[C@]1(O)CCCC[C@H]1n1cnc(C(=O)N2CCNC[C@H]2CCOc2cc(C(F)(F)F)n(C)n2)c1-c1ccccc1. The van der Waals surface area contributed by atoms with E-state index >= 15 is 0 Å². The van der Waals surface area contributed by atoms with Crippen LogP contribution in [0, 0.1) is 0 Å². The second-order valence-electron chi connectivity index (χ2n) is 11.0. The van der Waals surface area contributed by atoms with Gasteiger partial charge in [0, 0.05) is 57.9 Å². The molecule has 3 heterocycles. The third kappa shape index (κ3) is 6.18. The molecule has 13 heteroatoms. The van der Waals surface area contributed by atoms with Gasteiger partial charge in [-0.2, -0.15) is 13.2 Å². The van der Waals surface area contributed by atoms with E-state index in [4.69, 9.17) is 9.47 Å². The summed E-state index contributed by atoms with van der Waals surface area (Å²) in [6.07, 6.45) is 0.629. The van der Waals surface area contributed by atoms with Crippen molar-refractivity contribution in [3.63, 3.8) is 0 Å². The van der Waals surface area contributed by atoms with Gasteiger partial charge in [0.25, 0.3) is 5.91 Å². The molecule has 3 aromatic rings. The van der Waals surface area contributed by atoms with Crippen molar-refractivity contribution in [2.24, 2.45) is 7.05 Å². The number of carbonyl (C=O) groups excluding carboxylic acids is 1. The Morgan fingerprint density at radius 3 is 2.74 bits per heavy atom. The van der Waals surface area contributed by atoms with Crippen molar-refractivity contribution in [3.05, 3.63) is 54.1 Å². The van der Waals surface area contributed by atoms with Gasteiger partial charge >= 0.3 is 6.18 Å². The Balaban J connectivity index is 1.39. The van der Waals surface area contributed by atoms with Gasteiger partial charge in [-0.15, -0.1) is 5.10 Å². The molecular weight excluding hydrogens is 553 g/mol. The molecule has 1 saturated heterocycles. The Morgan fingerprint density at radius 1 is 1.24 bits per heavy atom. The van der Waals surface area contributed by atoms with Crippen molar-refractivity contribution in [3.8, 4) is 17.1 Å². The Bertz CT molecular complexity index is 1360. The highest BCUT2D eigenvalue weighted by atomic mass is 19.4. The van der Waals surface area contributed by atoms with Crippen LogP contribution in [0.1, 0.15) is 54.3 Å². The van der Waals surface area contributed by atoms with E-state index in [1.54, 1.807) is 18.3 Å². The molecule has 1 amide bonds. The second-order valence-corrected chi connectivity index (χ2v) is 11.0. The van der Waals surface area contributed by atoms with Crippen molar-refractivity contribution in [2.75, 3.05) is 40.0 Å². The van der Waals surface area contributed by atoms with Crippen LogP contribution >= 0.6 is 0 Å². The first-order valence-electron chi connectivity index (χ1n) is 14.2. The predicted octanol–water partition coefficient (Wildman–Crippen LogP) is 3.68. The molecule has 42 heavy (non-hydrogen) atoms.